The van der Waals surface area contributed by atoms with Crippen LogP contribution in [0.3, 0.4) is 0 Å². The molecule has 2 aromatic heterocycles. The van der Waals surface area contributed by atoms with Crippen LogP contribution in [0.5, 0.6) is 0 Å². The van der Waals surface area contributed by atoms with Gasteiger partial charge < -0.3 is 9.47 Å². The first-order valence-corrected chi connectivity index (χ1v) is 10.9. The molecule has 0 fully saturated rings. The molecule has 0 N–H and O–H groups in total. The average Bonchev–Trinajstić information content (AvgIpc) is 3.21. The van der Waals surface area contributed by atoms with Gasteiger partial charge in [0.1, 0.15) is 18.9 Å². The number of hydrogen-bond acceptors (Lipinski definition) is 9. The van der Waals surface area contributed by atoms with Crippen LogP contribution in [0.15, 0.2) is 39.0 Å². The topological polar surface area (TPSA) is 130 Å². The summed E-state index contributed by atoms with van der Waals surface area (Å²) < 4.78 is 26.8. The third-order valence-corrected chi connectivity index (χ3v) is 5.35. The summed E-state index contributed by atoms with van der Waals surface area (Å²) in [5, 5.41) is 5.75. The molecule has 0 aliphatic carbocycles. The molecule has 0 atom stereocenters. The highest BCUT2D eigenvalue weighted by molar-refractivity contribution is 6.03. The number of esters is 2. The molecule has 1 aliphatic rings. The van der Waals surface area contributed by atoms with Crippen molar-refractivity contribution in [2.45, 2.75) is 26.9 Å². The second kappa shape index (κ2) is 9.52. The van der Waals surface area contributed by atoms with Crippen molar-refractivity contribution < 1.29 is 23.5 Å². The summed E-state index contributed by atoms with van der Waals surface area (Å²) in [6.45, 7) is 2.70. The van der Waals surface area contributed by atoms with Crippen LogP contribution in [-0.4, -0.2) is 56.1 Å². The van der Waals surface area contributed by atoms with E-state index in [4.69, 9.17) is 9.47 Å². The Hall–Kier alpha value is -4.29. The van der Waals surface area contributed by atoms with E-state index in [1.807, 2.05) is 0 Å². The summed E-state index contributed by atoms with van der Waals surface area (Å²) in [5.74, 6) is -1.61. The fourth-order valence-corrected chi connectivity index (χ4v) is 3.78. The van der Waals surface area contributed by atoms with E-state index < -0.39 is 35.5 Å². The van der Waals surface area contributed by atoms with Gasteiger partial charge in [-0.25, -0.2) is 18.8 Å². The molecule has 3 heterocycles. The number of halogens is 1. The largest absolute Gasteiger partial charge is 0.465 e. The minimum Gasteiger partial charge on any atom is -0.465 e. The molecule has 13 heteroatoms. The first kappa shape index (κ1) is 23.9. The molecular formula is C22H23FN6O6. The minimum atomic E-state index is -0.748. The van der Waals surface area contributed by atoms with Gasteiger partial charge in [-0.2, -0.15) is 10.1 Å². The lowest BCUT2D eigenvalue weighted by Crippen LogP contribution is -2.42. The molecule has 0 unspecified atom stereocenters. The Bertz CT molecular complexity index is 1450. The lowest BCUT2D eigenvalue weighted by molar-refractivity contribution is -0.144. The predicted octanol–water partition coefficient (Wildman–Crippen LogP) is 0.386. The lowest BCUT2D eigenvalue weighted by atomic mass is 10.1. The van der Waals surface area contributed by atoms with Gasteiger partial charge in [0.05, 0.1) is 25.5 Å². The van der Waals surface area contributed by atoms with Gasteiger partial charge in [-0.05, 0) is 31.5 Å². The van der Waals surface area contributed by atoms with Crippen molar-refractivity contribution in [3.63, 3.8) is 0 Å². The number of hydrazone groups is 1. The summed E-state index contributed by atoms with van der Waals surface area (Å²) >= 11 is 0. The Morgan fingerprint density at radius 3 is 2.29 bits per heavy atom. The Kier molecular flexibility index (Phi) is 6.49. The van der Waals surface area contributed by atoms with Crippen molar-refractivity contribution in [2.75, 3.05) is 24.8 Å². The number of anilines is 1. The molecular weight excluding hydrogens is 463 g/mol. The van der Waals surface area contributed by atoms with Crippen LogP contribution in [0.2, 0.25) is 0 Å². The molecule has 0 saturated heterocycles. The second-order valence-electron chi connectivity index (χ2n) is 7.62. The van der Waals surface area contributed by atoms with Crippen molar-refractivity contribution in [1.29, 1.82) is 0 Å². The van der Waals surface area contributed by atoms with Crippen molar-refractivity contribution in [3.8, 4) is 0 Å². The van der Waals surface area contributed by atoms with Gasteiger partial charge in [0, 0.05) is 7.05 Å². The molecule has 4 rings (SSSR count). The second-order valence-corrected chi connectivity index (χ2v) is 7.62. The smallest absolute Gasteiger partial charge is 0.333 e. The van der Waals surface area contributed by atoms with Gasteiger partial charge >= 0.3 is 17.6 Å². The summed E-state index contributed by atoms with van der Waals surface area (Å²) in [6.07, 6.45) is 0. The van der Waals surface area contributed by atoms with Gasteiger partial charge in [0.25, 0.3) is 5.56 Å². The number of fused-ring (bicyclic) bond motifs is 3. The maximum Gasteiger partial charge on any atom is 0.333 e. The van der Waals surface area contributed by atoms with Crippen molar-refractivity contribution >= 4 is 34.8 Å². The van der Waals surface area contributed by atoms with E-state index in [-0.39, 0.29) is 43.4 Å². The number of rotatable bonds is 7. The summed E-state index contributed by atoms with van der Waals surface area (Å²) in [5.41, 5.74) is -0.418. The van der Waals surface area contributed by atoms with Gasteiger partial charge in [-0.15, -0.1) is 0 Å². The first-order chi connectivity index (χ1) is 16.7. The number of carbonyl (C=O) groups is 2. The average molecular weight is 486 g/mol. The number of imidazole rings is 1. The van der Waals surface area contributed by atoms with Crippen LogP contribution >= 0.6 is 0 Å². The number of aromatic nitrogens is 4. The number of benzene rings is 1. The van der Waals surface area contributed by atoms with E-state index in [0.29, 0.717) is 11.3 Å². The third kappa shape index (κ3) is 4.44. The van der Waals surface area contributed by atoms with Gasteiger partial charge in [0.2, 0.25) is 5.95 Å². The number of ether oxygens (including phenoxy) is 2. The highest BCUT2D eigenvalue weighted by Crippen LogP contribution is 2.25. The fourth-order valence-electron chi connectivity index (χ4n) is 3.78. The molecule has 184 valence electrons. The summed E-state index contributed by atoms with van der Waals surface area (Å²) in [7, 11) is 1.42. The fraction of sp³-hybridized carbons (Fsp3) is 0.364. The molecule has 0 radical (unpaired) electrons. The molecule has 0 amide bonds. The Morgan fingerprint density at radius 2 is 1.66 bits per heavy atom. The molecule has 1 aromatic carbocycles. The Morgan fingerprint density at radius 1 is 1.03 bits per heavy atom. The summed E-state index contributed by atoms with van der Waals surface area (Å²) in [4.78, 5) is 54.9. The minimum absolute atomic E-state index is 0.0368. The standard InChI is InChI=1S/C22H23FN6O6/c1-4-34-16(30)11-28-20(32)18-19(26(3)22(28)33)24-21-27(18)10-15(13-6-8-14(23)9-7-13)25-29(21)12-17(31)35-5-2/h6-9H,4-5,10-12H2,1-3H3. The zero-order valence-electron chi connectivity index (χ0n) is 19.4. The van der Waals surface area contributed by atoms with E-state index >= 15 is 0 Å². The van der Waals surface area contributed by atoms with Crippen LogP contribution in [-0.2, 0) is 39.2 Å². The Labute approximate surface area is 197 Å². The van der Waals surface area contributed by atoms with Gasteiger partial charge in [-0.1, -0.05) is 12.1 Å². The van der Waals surface area contributed by atoms with E-state index in [1.165, 1.54) is 40.9 Å². The normalized spacial score (nSPS) is 12.9. The van der Waals surface area contributed by atoms with Crippen molar-refractivity contribution in [2.24, 2.45) is 12.1 Å². The van der Waals surface area contributed by atoms with Crippen LogP contribution in [0.25, 0.3) is 11.2 Å². The van der Waals surface area contributed by atoms with E-state index in [1.54, 1.807) is 13.8 Å². The van der Waals surface area contributed by atoms with Crippen molar-refractivity contribution in [3.05, 3.63) is 56.5 Å². The quantitative estimate of drug-likeness (QED) is 0.439. The molecule has 35 heavy (non-hydrogen) atoms. The highest BCUT2D eigenvalue weighted by atomic mass is 19.1. The molecule has 1 aliphatic heterocycles. The monoisotopic (exact) mass is 486 g/mol. The van der Waals surface area contributed by atoms with E-state index in [9.17, 15) is 23.6 Å². The van der Waals surface area contributed by atoms with Crippen LogP contribution in [0.4, 0.5) is 10.3 Å². The SMILES string of the molecule is CCOC(=O)CN1N=C(c2ccc(F)cc2)Cn2c1nc1c2c(=O)n(CC(=O)OCC)c(=O)n1C. The highest BCUT2D eigenvalue weighted by Gasteiger charge is 2.30. The molecule has 12 nitrogen and oxygen atoms in total. The van der Waals surface area contributed by atoms with Crippen molar-refractivity contribution in [1.82, 2.24) is 18.7 Å². The zero-order valence-corrected chi connectivity index (χ0v) is 19.4. The number of nitrogens with zero attached hydrogens (tertiary/aromatic N) is 6. The molecule has 0 saturated carbocycles. The molecule has 3 aromatic rings. The Balaban J connectivity index is 1.90. The molecule has 0 bridgehead atoms. The maximum absolute atomic E-state index is 13.5. The van der Waals surface area contributed by atoms with Crippen LogP contribution in [0.1, 0.15) is 19.4 Å². The lowest BCUT2D eigenvalue weighted by Gasteiger charge is -2.25. The maximum atomic E-state index is 13.5. The zero-order chi connectivity index (χ0) is 25.3. The van der Waals surface area contributed by atoms with E-state index in [2.05, 4.69) is 10.1 Å². The third-order valence-electron chi connectivity index (χ3n) is 5.35. The predicted molar refractivity (Wildman–Crippen MR) is 123 cm³/mol. The van der Waals surface area contributed by atoms with Gasteiger partial charge in [-0.3, -0.25) is 23.5 Å². The van der Waals surface area contributed by atoms with Crippen LogP contribution < -0.4 is 16.3 Å². The molecule has 0 spiro atoms. The van der Waals surface area contributed by atoms with Crippen LogP contribution in [0, 0.1) is 5.82 Å². The van der Waals surface area contributed by atoms with E-state index in [0.717, 1.165) is 9.13 Å². The van der Waals surface area contributed by atoms with Gasteiger partial charge in [0.15, 0.2) is 11.2 Å². The number of aryl methyl sites for hydroxylation is 1. The number of carbonyl (C=O) groups excluding carboxylic acids is 2. The first-order valence-electron chi connectivity index (χ1n) is 10.9. The number of hydrogen-bond donors (Lipinski definition) is 0. The summed E-state index contributed by atoms with van der Waals surface area (Å²) in [6, 6.07) is 5.58.